The summed E-state index contributed by atoms with van der Waals surface area (Å²) in [6.07, 6.45) is 3.47. The molecule has 1 heterocycles. The third kappa shape index (κ3) is 5.39. The number of hydrogen-bond donors (Lipinski definition) is 3. The molecule has 0 aliphatic heterocycles. The van der Waals surface area contributed by atoms with Crippen LogP contribution in [0.15, 0.2) is 48.7 Å². The average molecular weight is 582 g/mol. The van der Waals surface area contributed by atoms with Crippen molar-refractivity contribution in [1.29, 1.82) is 5.26 Å². The van der Waals surface area contributed by atoms with Crippen LogP contribution in [0.3, 0.4) is 0 Å². The number of aromatic nitrogens is 4. The Bertz CT molecular complexity index is 1570. The first-order valence-corrected chi connectivity index (χ1v) is 14.7. The van der Waals surface area contributed by atoms with E-state index in [9.17, 15) is 14.9 Å². The van der Waals surface area contributed by atoms with E-state index in [1.807, 2.05) is 43.3 Å². The van der Waals surface area contributed by atoms with Crippen LogP contribution in [0.2, 0.25) is 0 Å². The molecule has 2 amide bonds. The number of hydrogen-bond acceptors (Lipinski definition) is 8. The summed E-state index contributed by atoms with van der Waals surface area (Å²) >= 11 is 0. The van der Waals surface area contributed by atoms with Crippen LogP contribution in [-0.4, -0.2) is 88.1 Å². The van der Waals surface area contributed by atoms with Crippen molar-refractivity contribution in [2.45, 2.75) is 63.1 Å². The van der Waals surface area contributed by atoms with Gasteiger partial charge in [-0.15, -0.1) is 10.2 Å². The number of amides is 2. The number of fused-ring (bicyclic) bond motifs is 3. The summed E-state index contributed by atoms with van der Waals surface area (Å²) in [6, 6.07) is 13.9. The lowest BCUT2D eigenvalue weighted by Gasteiger charge is -2.34. The highest BCUT2D eigenvalue weighted by Crippen LogP contribution is 2.54. The van der Waals surface area contributed by atoms with Crippen molar-refractivity contribution in [3.05, 3.63) is 76.8 Å². The molecule has 2 unspecified atom stereocenters. The molecule has 0 spiro atoms. The summed E-state index contributed by atoms with van der Waals surface area (Å²) in [7, 11) is 5.05. The second-order valence-corrected chi connectivity index (χ2v) is 11.7. The topological polar surface area (TPSA) is 143 Å². The van der Waals surface area contributed by atoms with E-state index in [4.69, 9.17) is 0 Å². The van der Waals surface area contributed by atoms with Gasteiger partial charge in [0.25, 0.3) is 11.8 Å². The number of nitrogens with zero attached hydrogens (tertiary/aromatic N) is 6. The first-order chi connectivity index (χ1) is 20.7. The Morgan fingerprint density at radius 3 is 2.35 bits per heavy atom. The second-order valence-electron chi connectivity index (χ2n) is 11.7. The third-order valence-electron chi connectivity index (χ3n) is 8.56. The number of carbonyl (C=O) groups excluding carboxylic acids is 2. The van der Waals surface area contributed by atoms with Crippen LogP contribution < -0.4 is 10.6 Å². The normalized spacial score (nSPS) is 18.1. The van der Waals surface area contributed by atoms with E-state index in [2.05, 4.69) is 55.7 Å². The van der Waals surface area contributed by atoms with Gasteiger partial charge in [0, 0.05) is 56.6 Å². The summed E-state index contributed by atoms with van der Waals surface area (Å²) < 4.78 is 0. The Morgan fingerprint density at radius 2 is 1.81 bits per heavy atom. The summed E-state index contributed by atoms with van der Waals surface area (Å²) in [6.45, 7) is 9.02. The maximum absolute atomic E-state index is 13.0. The summed E-state index contributed by atoms with van der Waals surface area (Å²) in [5.74, 6) is 0.202. The average Bonchev–Trinajstić information content (AvgIpc) is 3.61. The molecule has 43 heavy (non-hydrogen) atoms. The Balaban J connectivity index is 1.55. The van der Waals surface area contributed by atoms with E-state index in [1.54, 1.807) is 26.0 Å². The molecule has 5 rings (SSSR count). The minimum atomic E-state index is -0.804. The lowest BCUT2D eigenvalue weighted by atomic mass is 9.72. The minimum absolute atomic E-state index is 0.0426. The van der Waals surface area contributed by atoms with Gasteiger partial charge in [0.05, 0.1) is 11.5 Å². The number of carbonyl (C=O) groups is 2. The maximum atomic E-state index is 13.0. The van der Waals surface area contributed by atoms with Crippen LogP contribution >= 0.6 is 0 Å². The fraction of sp³-hybridized carbons (Fsp3) is 0.438. The number of rotatable bonds is 12. The van der Waals surface area contributed by atoms with Crippen LogP contribution in [-0.2, 0) is 5.41 Å². The maximum Gasteiger partial charge on any atom is 0.253 e. The lowest BCUT2D eigenvalue weighted by Crippen LogP contribution is -2.42. The van der Waals surface area contributed by atoms with Crippen LogP contribution in [0.1, 0.15) is 77.2 Å². The molecule has 2 aromatic carbocycles. The number of H-pyrrole nitrogens is 1. The molecule has 224 valence electrons. The molecule has 3 aromatic rings. The first-order valence-electron chi connectivity index (χ1n) is 14.7. The van der Waals surface area contributed by atoms with Crippen molar-refractivity contribution in [2.75, 3.05) is 27.7 Å². The van der Waals surface area contributed by atoms with Gasteiger partial charge in [-0.1, -0.05) is 30.8 Å². The number of tetrazole rings is 1. The molecular weight excluding hydrogens is 542 g/mol. The molecule has 0 radical (unpaired) electrons. The number of nitriles is 1. The van der Waals surface area contributed by atoms with E-state index in [0.717, 1.165) is 47.2 Å². The Labute approximate surface area is 252 Å². The highest BCUT2D eigenvalue weighted by molar-refractivity contribution is 5.99. The predicted molar refractivity (Wildman–Crippen MR) is 163 cm³/mol. The fourth-order valence-corrected chi connectivity index (χ4v) is 6.35. The second kappa shape index (κ2) is 12.0. The van der Waals surface area contributed by atoms with Gasteiger partial charge >= 0.3 is 0 Å². The zero-order valence-electron chi connectivity index (χ0n) is 25.4. The van der Waals surface area contributed by atoms with E-state index < -0.39 is 5.41 Å². The highest BCUT2D eigenvalue weighted by atomic mass is 16.2. The van der Waals surface area contributed by atoms with Gasteiger partial charge in [-0.2, -0.15) is 10.5 Å². The standard InChI is InChI=1S/C32H39N9O2/c1-7-23(17-33)41(24-10-11-24)20(3)18-35-19(2)16-32(31-36-38-39-37-31)27-12-8-21(29(42)34-4)14-25(27)26-15-22(9-13-28(26)32)30(43)40(5)6/h8-9,12-15,19,23-24,35H,3,7,10-11,16,18H2,1-2,4-6H3,(H,34,42)(H,36,37,38,39)/t19-,23?,32?/m1/s1. The molecule has 11 nitrogen and oxygen atoms in total. The number of benzene rings is 2. The van der Waals surface area contributed by atoms with Crippen molar-refractivity contribution < 1.29 is 9.59 Å². The van der Waals surface area contributed by atoms with Crippen molar-refractivity contribution >= 4 is 11.8 Å². The first kappa shape index (κ1) is 29.9. The molecule has 3 atom stereocenters. The van der Waals surface area contributed by atoms with Gasteiger partial charge < -0.3 is 20.4 Å². The molecule has 2 aliphatic carbocycles. The van der Waals surface area contributed by atoms with Gasteiger partial charge in [0.1, 0.15) is 6.04 Å². The fourth-order valence-electron chi connectivity index (χ4n) is 6.35. The van der Waals surface area contributed by atoms with Crippen molar-refractivity contribution in [1.82, 2.24) is 41.1 Å². The summed E-state index contributed by atoms with van der Waals surface area (Å²) in [4.78, 5) is 29.3. The lowest BCUT2D eigenvalue weighted by molar-refractivity contribution is 0.0827. The third-order valence-corrected chi connectivity index (χ3v) is 8.56. The zero-order valence-corrected chi connectivity index (χ0v) is 25.4. The van der Waals surface area contributed by atoms with Gasteiger partial charge in [0.2, 0.25) is 0 Å². The van der Waals surface area contributed by atoms with Crippen molar-refractivity contribution in [3.63, 3.8) is 0 Å². The molecule has 1 fully saturated rings. The number of aromatic amines is 1. The predicted octanol–water partition coefficient (Wildman–Crippen LogP) is 3.22. The molecule has 3 N–H and O–H groups in total. The van der Waals surface area contributed by atoms with Crippen LogP contribution in [0.4, 0.5) is 0 Å². The molecule has 0 saturated heterocycles. The largest absolute Gasteiger partial charge is 0.355 e. The summed E-state index contributed by atoms with van der Waals surface area (Å²) in [5.41, 5.74) is 4.76. The zero-order chi connectivity index (χ0) is 30.9. The quantitative estimate of drug-likeness (QED) is 0.296. The van der Waals surface area contributed by atoms with Crippen LogP contribution in [0, 0.1) is 11.3 Å². The Morgan fingerprint density at radius 1 is 1.16 bits per heavy atom. The number of nitrogens with one attached hydrogen (secondary N) is 3. The van der Waals surface area contributed by atoms with Gasteiger partial charge in [0.15, 0.2) is 5.82 Å². The van der Waals surface area contributed by atoms with E-state index in [0.29, 0.717) is 36.0 Å². The highest BCUT2D eigenvalue weighted by Gasteiger charge is 2.49. The van der Waals surface area contributed by atoms with E-state index in [1.165, 1.54) is 0 Å². The molecule has 1 saturated carbocycles. The SMILES string of the molecule is C=C(CN[C@H](C)CC1(c2nn[nH]n2)c2ccc(C(=O)NC)cc2-c2cc(C(=O)N(C)C)ccc21)N(C(C#N)CC)C1CC1. The Kier molecular flexibility index (Phi) is 8.33. The minimum Gasteiger partial charge on any atom is -0.355 e. The van der Waals surface area contributed by atoms with Crippen molar-refractivity contribution in [2.24, 2.45) is 0 Å². The molecular formula is C32H39N9O2. The van der Waals surface area contributed by atoms with Gasteiger partial charge in [-0.05, 0) is 79.1 Å². The van der Waals surface area contributed by atoms with E-state index in [-0.39, 0.29) is 23.9 Å². The van der Waals surface area contributed by atoms with Crippen molar-refractivity contribution in [3.8, 4) is 17.2 Å². The molecule has 11 heteroatoms. The van der Waals surface area contributed by atoms with Gasteiger partial charge in [-0.25, -0.2) is 0 Å². The summed E-state index contributed by atoms with van der Waals surface area (Å²) in [5, 5.41) is 31.6. The van der Waals surface area contributed by atoms with Crippen LogP contribution in [0.5, 0.6) is 0 Å². The van der Waals surface area contributed by atoms with Crippen LogP contribution in [0.25, 0.3) is 11.1 Å². The monoisotopic (exact) mass is 581 g/mol. The van der Waals surface area contributed by atoms with Gasteiger partial charge in [-0.3, -0.25) is 9.59 Å². The molecule has 2 aliphatic rings. The molecule has 0 bridgehead atoms. The molecule has 1 aromatic heterocycles. The Hall–Kier alpha value is -4.56. The smallest absolute Gasteiger partial charge is 0.253 e. The van der Waals surface area contributed by atoms with E-state index >= 15 is 0 Å².